The first-order valence-electron chi connectivity index (χ1n) is 9.89. The Morgan fingerprint density at radius 2 is 1.87 bits per heavy atom. The molecule has 2 aromatic heterocycles. The number of H-pyrrole nitrogens is 1. The lowest BCUT2D eigenvalue weighted by atomic mass is 9.87. The molecule has 0 bridgehead atoms. The highest BCUT2D eigenvalue weighted by molar-refractivity contribution is 6.19. The van der Waals surface area contributed by atoms with Gasteiger partial charge in [-0.15, -0.1) is 10.2 Å². The smallest absolute Gasteiger partial charge is 0.250 e. The van der Waals surface area contributed by atoms with Crippen LogP contribution < -0.4 is 16.8 Å². The van der Waals surface area contributed by atoms with Crippen LogP contribution in [0.5, 0.6) is 0 Å². The molecular formula is C23H26N6O. The number of anilines is 2. The third kappa shape index (κ3) is 3.43. The summed E-state index contributed by atoms with van der Waals surface area (Å²) in [4.78, 5) is 15.4. The first-order chi connectivity index (χ1) is 14.1. The van der Waals surface area contributed by atoms with Crippen molar-refractivity contribution in [1.82, 2.24) is 15.2 Å². The van der Waals surface area contributed by atoms with Crippen molar-refractivity contribution in [2.45, 2.75) is 33.7 Å². The van der Waals surface area contributed by atoms with Crippen LogP contribution in [0.4, 0.5) is 11.5 Å². The standard InChI is InChI=1S/C23H26N6O/c1-12(23(2,3)4)26-17-8-7-15(22(25)30)21-20(17)14-6-5-13(11-18(14)27-21)16-9-10-19(24)29-28-16/h5-12,26-27H,1-4H3,(H2,24,29)(H2,25,30)/t12-/m0/s1. The van der Waals surface area contributed by atoms with Crippen LogP contribution in [-0.2, 0) is 0 Å². The zero-order valence-corrected chi connectivity index (χ0v) is 17.6. The van der Waals surface area contributed by atoms with Crippen LogP contribution >= 0.6 is 0 Å². The molecule has 154 valence electrons. The molecule has 4 rings (SSSR count). The molecule has 0 saturated carbocycles. The van der Waals surface area contributed by atoms with E-state index in [0.29, 0.717) is 11.4 Å². The van der Waals surface area contributed by atoms with Crippen LogP contribution in [0, 0.1) is 5.41 Å². The number of carbonyl (C=O) groups excluding carboxylic acids is 1. The summed E-state index contributed by atoms with van der Waals surface area (Å²) < 4.78 is 0. The van der Waals surface area contributed by atoms with Crippen molar-refractivity contribution in [2.24, 2.45) is 11.1 Å². The van der Waals surface area contributed by atoms with Crippen molar-refractivity contribution in [3.8, 4) is 11.3 Å². The van der Waals surface area contributed by atoms with E-state index < -0.39 is 5.91 Å². The highest BCUT2D eigenvalue weighted by Gasteiger charge is 2.22. The van der Waals surface area contributed by atoms with Gasteiger partial charge in [0.2, 0.25) is 0 Å². The third-order valence-electron chi connectivity index (χ3n) is 5.67. The molecule has 4 aromatic rings. The Hall–Kier alpha value is -3.61. The topological polar surface area (TPSA) is 123 Å². The average Bonchev–Trinajstić information content (AvgIpc) is 3.06. The first-order valence-corrected chi connectivity index (χ1v) is 9.89. The Morgan fingerprint density at radius 3 is 2.50 bits per heavy atom. The maximum Gasteiger partial charge on any atom is 0.250 e. The maximum absolute atomic E-state index is 12.1. The second kappa shape index (κ2) is 7.02. The van der Waals surface area contributed by atoms with Crippen LogP contribution in [0.1, 0.15) is 38.1 Å². The highest BCUT2D eigenvalue weighted by atomic mass is 16.1. The van der Waals surface area contributed by atoms with Crippen molar-refractivity contribution >= 4 is 39.2 Å². The Labute approximate surface area is 174 Å². The fourth-order valence-corrected chi connectivity index (χ4v) is 3.44. The van der Waals surface area contributed by atoms with Gasteiger partial charge < -0.3 is 21.8 Å². The minimum atomic E-state index is -0.466. The van der Waals surface area contributed by atoms with Crippen molar-refractivity contribution < 1.29 is 4.79 Å². The zero-order chi connectivity index (χ0) is 21.6. The third-order valence-corrected chi connectivity index (χ3v) is 5.67. The number of carbonyl (C=O) groups is 1. The van der Waals surface area contributed by atoms with Gasteiger partial charge in [-0.1, -0.05) is 32.9 Å². The van der Waals surface area contributed by atoms with Crippen molar-refractivity contribution in [1.29, 1.82) is 0 Å². The first kappa shape index (κ1) is 19.7. The van der Waals surface area contributed by atoms with Crippen LogP contribution in [-0.4, -0.2) is 27.1 Å². The number of fused-ring (bicyclic) bond motifs is 3. The summed E-state index contributed by atoms with van der Waals surface area (Å²) >= 11 is 0. The number of benzene rings is 2. The quantitative estimate of drug-likeness (QED) is 0.405. The summed E-state index contributed by atoms with van der Waals surface area (Å²) in [5, 5.41) is 13.7. The normalized spacial score (nSPS) is 12.9. The summed E-state index contributed by atoms with van der Waals surface area (Å²) in [5.41, 5.74) is 16.0. The number of amides is 1. The number of hydrogen-bond donors (Lipinski definition) is 4. The molecule has 0 unspecified atom stereocenters. The van der Waals surface area contributed by atoms with Crippen molar-refractivity contribution in [2.75, 3.05) is 11.1 Å². The second-order valence-corrected chi connectivity index (χ2v) is 8.74. The van der Waals surface area contributed by atoms with Gasteiger partial charge in [0.05, 0.1) is 16.8 Å². The van der Waals surface area contributed by atoms with Crippen LogP contribution in [0.3, 0.4) is 0 Å². The summed E-state index contributed by atoms with van der Waals surface area (Å²) in [6.07, 6.45) is 0. The molecule has 0 saturated heterocycles. The molecule has 30 heavy (non-hydrogen) atoms. The van der Waals surface area contributed by atoms with Gasteiger partial charge in [-0.3, -0.25) is 4.79 Å². The van der Waals surface area contributed by atoms with Gasteiger partial charge >= 0.3 is 0 Å². The van der Waals surface area contributed by atoms with Crippen molar-refractivity contribution in [3.63, 3.8) is 0 Å². The van der Waals surface area contributed by atoms with E-state index in [-0.39, 0.29) is 11.5 Å². The van der Waals surface area contributed by atoms with Crippen molar-refractivity contribution in [3.05, 3.63) is 48.0 Å². The lowest BCUT2D eigenvalue weighted by Gasteiger charge is -2.29. The highest BCUT2D eigenvalue weighted by Crippen LogP contribution is 2.37. The van der Waals surface area contributed by atoms with E-state index in [1.165, 1.54) is 0 Å². The molecule has 2 aromatic carbocycles. The van der Waals surface area contributed by atoms with Crippen LogP contribution in [0.2, 0.25) is 0 Å². The van der Waals surface area contributed by atoms with Gasteiger partial charge in [-0.25, -0.2) is 0 Å². The lowest BCUT2D eigenvalue weighted by molar-refractivity contribution is 0.100. The van der Waals surface area contributed by atoms with Gasteiger partial charge in [0.15, 0.2) is 0 Å². The SMILES string of the molecule is C[C@H](Nc1ccc(C(N)=O)c2[nH]c3cc(-c4ccc(N)nn4)ccc3c12)C(C)(C)C. The number of rotatable bonds is 4. The minimum absolute atomic E-state index is 0.0712. The molecule has 0 aliphatic heterocycles. The van der Waals surface area contributed by atoms with Gasteiger partial charge in [-0.05, 0) is 42.7 Å². The maximum atomic E-state index is 12.1. The summed E-state index contributed by atoms with van der Waals surface area (Å²) in [6.45, 7) is 8.72. The molecule has 0 aliphatic rings. The largest absolute Gasteiger partial charge is 0.382 e. The number of aromatic amines is 1. The zero-order valence-electron chi connectivity index (χ0n) is 17.6. The van der Waals surface area contributed by atoms with E-state index in [2.05, 4.69) is 48.2 Å². The van der Waals surface area contributed by atoms with E-state index in [0.717, 1.165) is 38.8 Å². The van der Waals surface area contributed by atoms with Gasteiger partial charge in [0, 0.05) is 33.6 Å². The number of hydrogen-bond acceptors (Lipinski definition) is 5. The predicted molar refractivity (Wildman–Crippen MR) is 122 cm³/mol. The second-order valence-electron chi connectivity index (χ2n) is 8.74. The number of aromatic nitrogens is 3. The number of nitrogen functional groups attached to an aromatic ring is 1. The Bertz CT molecular complexity index is 1250. The molecule has 6 N–H and O–H groups in total. The number of nitrogens with zero attached hydrogens (tertiary/aromatic N) is 2. The van der Waals surface area contributed by atoms with E-state index in [9.17, 15) is 4.79 Å². The monoisotopic (exact) mass is 402 g/mol. The molecule has 7 heteroatoms. The van der Waals surface area contributed by atoms with Gasteiger partial charge in [0.1, 0.15) is 5.82 Å². The number of nitrogens with one attached hydrogen (secondary N) is 2. The summed E-state index contributed by atoms with van der Waals surface area (Å²) in [7, 11) is 0. The molecule has 2 heterocycles. The molecule has 0 radical (unpaired) electrons. The molecular weight excluding hydrogens is 376 g/mol. The van der Waals surface area contributed by atoms with E-state index >= 15 is 0 Å². The average molecular weight is 403 g/mol. The van der Waals surface area contributed by atoms with E-state index in [4.69, 9.17) is 11.5 Å². The van der Waals surface area contributed by atoms with Gasteiger partial charge in [-0.2, -0.15) is 0 Å². The minimum Gasteiger partial charge on any atom is -0.382 e. The fourth-order valence-electron chi connectivity index (χ4n) is 3.44. The molecule has 0 spiro atoms. The predicted octanol–water partition coefficient (Wildman–Crippen LogP) is 4.31. The van der Waals surface area contributed by atoms with E-state index in [1.54, 1.807) is 12.1 Å². The Balaban J connectivity index is 1.92. The van der Waals surface area contributed by atoms with Crippen LogP contribution in [0.15, 0.2) is 42.5 Å². The lowest BCUT2D eigenvalue weighted by Crippen LogP contribution is -2.30. The summed E-state index contributed by atoms with van der Waals surface area (Å²) in [6, 6.07) is 13.5. The van der Waals surface area contributed by atoms with E-state index in [1.807, 2.05) is 30.3 Å². The molecule has 0 aliphatic carbocycles. The molecule has 0 fully saturated rings. The van der Waals surface area contributed by atoms with Crippen LogP contribution in [0.25, 0.3) is 33.1 Å². The Kier molecular flexibility index (Phi) is 4.61. The number of primary amides is 1. The fraction of sp³-hybridized carbons (Fsp3) is 0.261. The number of nitrogens with two attached hydrogens (primary N) is 2. The molecule has 1 atom stereocenters. The van der Waals surface area contributed by atoms with Gasteiger partial charge in [0.25, 0.3) is 5.91 Å². The molecule has 7 nitrogen and oxygen atoms in total. The molecule has 1 amide bonds. The summed E-state index contributed by atoms with van der Waals surface area (Å²) in [5.74, 6) is -0.0909. The Morgan fingerprint density at radius 1 is 1.10 bits per heavy atom.